The molecule has 0 saturated carbocycles. The van der Waals surface area contributed by atoms with Gasteiger partial charge in [-0.2, -0.15) is 13.2 Å². The molecule has 3 rings (SSSR count). The highest BCUT2D eigenvalue weighted by Gasteiger charge is 2.29. The highest BCUT2D eigenvalue weighted by atomic mass is 35.5. The lowest BCUT2D eigenvalue weighted by Crippen LogP contribution is -2.04. The van der Waals surface area contributed by atoms with Crippen molar-refractivity contribution in [3.63, 3.8) is 0 Å². The fourth-order valence-corrected chi connectivity index (χ4v) is 2.10. The van der Waals surface area contributed by atoms with E-state index in [0.717, 1.165) is 22.9 Å². The highest BCUT2D eigenvalue weighted by Crippen LogP contribution is 2.31. The van der Waals surface area contributed by atoms with E-state index in [2.05, 4.69) is 10.3 Å². The Morgan fingerprint density at radius 1 is 0.864 bits per heavy atom. The number of anilines is 2. The van der Waals surface area contributed by atoms with Gasteiger partial charge in [-0.05, 0) is 35.7 Å². The Hall–Kier alpha value is -2.27. The third-order valence-electron chi connectivity index (χ3n) is 3.15. The zero-order valence-corrected chi connectivity index (χ0v) is 12.1. The standard InChI is InChI=1S/C16H11F3N2.ClH/c17-16(18,19)12-5-7-13(8-6-12)21-15-14-4-2-1-3-11(14)9-10-20-15;/h1-10H,(H,20,21);1H. The molecule has 1 aromatic heterocycles. The lowest BCUT2D eigenvalue weighted by atomic mass is 10.1. The summed E-state index contributed by atoms with van der Waals surface area (Å²) < 4.78 is 37.6. The van der Waals surface area contributed by atoms with Crippen molar-refractivity contribution in [2.45, 2.75) is 6.18 Å². The van der Waals surface area contributed by atoms with Crippen LogP contribution in [0.2, 0.25) is 0 Å². The Bertz CT molecular complexity index is 765. The van der Waals surface area contributed by atoms with Gasteiger partial charge in [0, 0.05) is 17.3 Å². The van der Waals surface area contributed by atoms with E-state index < -0.39 is 11.7 Å². The lowest BCUT2D eigenvalue weighted by Gasteiger charge is -2.10. The zero-order valence-electron chi connectivity index (χ0n) is 11.3. The molecule has 1 N–H and O–H groups in total. The molecule has 6 heteroatoms. The number of hydrogen-bond acceptors (Lipinski definition) is 2. The Balaban J connectivity index is 0.00000176. The smallest absolute Gasteiger partial charge is 0.340 e. The van der Waals surface area contributed by atoms with E-state index in [1.54, 1.807) is 6.20 Å². The molecule has 0 aliphatic heterocycles. The monoisotopic (exact) mass is 324 g/mol. The summed E-state index contributed by atoms with van der Waals surface area (Å²) in [7, 11) is 0. The average Bonchev–Trinajstić information content (AvgIpc) is 2.47. The van der Waals surface area contributed by atoms with Crippen molar-refractivity contribution in [2.75, 3.05) is 5.32 Å². The summed E-state index contributed by atoms with van der Waals surface area (Å²) in [5.74, 6) is 0.618. The fourth-order valence-electron chi connectivity index (χ4n) is 2.10. The number of benzene rings is 2. The fraction of sp³-hybridized carbons (Fsp3) is 0.0625. The molecule has 0 radical (unpaired) electrons. The van der Waals surface area contributed by atoms with Gasteiger partial charge in [0.2, 0.25) is 0 Å². The van der Waals surface area contributed by atoms with Gasteiger partial charge in [0.05, 0.1) is 5.56 Å². The molecule has 1 heterocycles. The zero-order chi connectivity index (χ0) is 14.9. The van der Waals surface area contributed by atoms with Crippen molar-refractivity contribution < 1.29 is 13.2 Å². The molecule has 0 unspecified atom stereocenters. The van der Waals surface area contributed by atoms with E-state index >= 15 is 0 Å². The normalized spacial score (nSPS) is 11.0. The number of halogens is 4. The summed E-state index contributed by atoms with van der Waals surface area (Å²) in [5.41, 5.74) is -0.106. The predicted molar refractivity (Wildman–Crippen MR) is 83.7 cm³/mol. The van der Waals surface area contributed by atoms with Gasteiger partial charge in [-0.15, -0.1) is 12.4 Å². The van der Waals surface area contributed by atoms with E-state index in [4.69, 9.17) is 0 Å². The molecule has 3 aromatic rings. The summed E-state index contributed by atoms with van der Waals surface area (Å²) >= 11 is 0. The third-order valence-corrected chi connectivity index (χ3v) is 3.15. The van der Waals surface area contributed by atoms with Crippen molar-refractivity contribution in [1.29, 1.82) is 0 Å². The molecule has 22 heavy (non-hydrogen) atoms. The average molecular weight is 325 g/mol. The van der Waals surface area contributed by atoms with Crippen molar-refractivity contribution >= 4 is 34.7 Å². The molecule has 0 atom stereocenters. The minimum absolute atomic E-state index is 0. The van der Waals surface area contributed by atoms with Crippen molar-refractivity contribution in [3.05, 3.63) is 66.4 Å². The van der Waals surface area contributed by atoms with Crippen LogP contribution in [0.25, 0.3) is 10.8 Å². The van der Waals surface area contributed by atoms with Crippen LogP contribution in [0, 0.1) is 0 Å². The predicted octanol–water partition coefficient (Wildman–Crippen LogP) is 5.42. The minimum atomic E-state index is -4.32. The lowest BCUT2D eigenvalue weighted by molar-refractivity contribution is -0.137. The van der Waals surface area contributed by atoms with Gasteiger partial charge in [0.1, 0.15) is 5.82 Å². The van der Waals surface area contributed by atoms with Gasteiger partial charge in [-0.1, -0.05) is 24.3 Å². The van der Waals surface area contributed by atoms with E-state index in [9.17, 15) is 13.2 Å². The molecule has 0 amide bonds. The van der Waals surface area contributed by atoms with E-state index in [0.29, 0.717) is 11.5 Å². The van der Waals surface area contributed by atoms with Gasteiger partial charge in [-0.25, -0.2) is 4.98 Å². The van der Waals surface area contributed by atoms with Crippen LogP contribution in [0.3, 0.4) is 0 Å². The molecule has 0 fully saturated rings. The SMILES string of the molecule is Cl.FC(F)(F)c1ccc(Nc2nccc3ccccc23)cc1. The van der Waals surface area contributed by atoms with Crippen LogP contribution in [-0.4, -0.2) is 4.98 Å². The molecule has 0 aliphatic rings. The summed E-state index contributed by atoms with van der Waals surface area (Å²) in [6, 6.07) is 14.4. The summed E-state index contributed by atoms with van der Waals surface area (Å²) in [6.45, 7) is 0. The third kappa shape index (κ3) is 3.31. The largest absolute Gasteiger partial charge is 0.416 e. The first-order chi connectivity index (χ1) is 10.0. The molecule has 0 aliphatic carbocycles. The molecule has 2 nitrogen and oxygen atoms in total. The number of nitrogens with zero attached hydrogens (tertiary/aromatic N) is 1. The van der Waals surface area contributed by atoms with Crippen LogP contribution >= 0.6 is 12.4 Å². The molecule has 2 aromatic carbocycles. The first kappa shape index (κ1) is 16.1. The number of pyridine rings is 1. The topological polar surface area (TPSA) is 24.9 Å². The second kappa shape index (κ2) is 6.23. The maximum atomic E-state index is 12.5. The van der Waals surface area contributed by atoms with Gasteiger partial charge < -0.3 is 5.32 Å². The van der Waals surface area contributed by atoms with Crippen LogP contribution in [0.1, 0.15) is 5.56 Å². The minimum Gasteiger partial charge on any atom is -0.340 e. The van der Waals surface area contributed by atoms with Crippen molar-refractivity contribution in [3.8, 4) is 0 Å². The van der Waals surface area contributed by atoms with Gasteiger partial charge in [-0.3, -0.25) is 0 Å². The Morgan fingerprint density at radius 2 is 1.55 bits per heavy atom. The second-order valence-electron chi connectivity index (χ2n) is 4.58. The van der Waals surface area contributed by atoms with E-state index in [1.807, 2.05) is 30.3 Å². The van der Waals surface area contributed by atoms with E-state index in [-0.39, 0.29) is 12.4 Å². The van der Waals surface area contributed by atoms with Crippen LogP contribution in [0.15, 0.2) is 60.8 Å². The summed E-state index contributed by atoms with van der Waals surface area (Å²) in [4.78, 5) is 4.24. The van der Waals surface area contributed by atoms with Crippen LogP contribution in [0.4, 0.5) is 24.7 Å². The number of hydrogen-bond donors (Lipinski definition) is 1. The number of aromatic nitrogens is 1. The first-order valence-corrected chi connectivity index (χ1v) is 6.32. The number of fused-ring (bicyclic) bond motifs is 1. The van der Waals surface area contributed by atoms with Gasteiger partial charge in [0.15, 0.2) is 0 Å². The van der Waals surface area contributed by atoms with Crippen molar-refractivity contribution in [2.24, 2.45) is 0 Å². The van der Waals surface area contributed by atoms with E-state index in [1.165, 1.54) is 12.1 Å². The molecule has 0 spiro atoms. The Morgan fingerprint density at radius 3 is 2.23 bits per heavy atom. The number of alkyl halides is 3. The van der Waals surface area contributed by atoms with Crippen LogP contribution < -0.4 is 5.32 Å². The highest BCUT2D eigenvalue weighted by molar-refractivity contribution is 5.93. The summed E-state index contributed by atoms with van der Waals surface area (Å²) in [6.07, 6.45) is -2.66. The summed E-state index contributed by atoms with van der Waals surface area (Å²) in [5, 5.41) is 4.98. The number of nitrogens with one attached hydrogen (secondary N) is 1. The maximum absolute atomic E-state index is 12.5. The van der Waals surface area contributed by atoms with Crippen molar-refractivity contribution in [1.82, 2.24) is 4.98 Å². The Labute approximate surface area is 131 Å². The molecular weight excluding hydrogens is 313 g/mol. The Kier molecular flexibility index (Phi) is 4.56. The molecular formula is C16H12ClF3N2. The van der Waals surface area contributed by atoms with Crippen LogP contribution in [-0.2, 0) is 6.18 Å². The molecule has 114 valence electrons. The van der Waals surface area contributed by atoms with Gasteiger partial charge in [0.25, 0.3) is 0 Å². The maximum Gasteiger partial charge on any atom is 0.416 e. The number of rotatable bonds is 2. The quantitative estimate of drug-likeness (QED) is 0.681. The first-order valence-electron chi connectivity index (χ1n) is 6.32. The molecule has 0 saturated heterocycles. The molecule has 0 bridgehead atoms. The second-order valence-corrected chi connectivity index (χ2v) is 4.58. The van der Waals surface area contributed by atoms with Gasteiger partial charge >= 0.3 is 6.18 Å². The van der Waals surface area contributed by atoms with Crippen LogP contribution in [0.5, 0.6) is 0 Å².